The first-order valence-electron chi connectivity index (χ1n) is 7.80. The van der Waals surface area contributed by atoms with Crippen LogP contribution in [-0.2, 0) is 6.42 Å². The highest BCUT2D eigenvalue weighted by molar-refractivity contribution is 5.37. The van der Waals surface area contributed by atoms with Crippen LogP contribution in [0.5, 0.6) is 0 Å². The zero-order valence-corrected chi connectivity index (χ0v) is 12.6. The second-order valence-electron chi connectivity index (χ2n) is 6.10. The van der Waals surface area contributed by atoms with Gasteiger partial charge in [0.15, 0.2) is 0 Å². The van der Waals surface area contributed by atoms with Crippen molar-refractivity contribution in [3.05, 3.63) is 17.6 Å². The van der Waals surface area contributed by atoms with E-state index in [9.17, 15) is 0 Å². The Morgan fingerprint density at radius 1 is 1.26 bits per heavy atom. The van der Waals surface area contributed by atoms with Crippen LogP contribution in [0.1, 0.15) is 70.3 Å². The number of hydrogen-bond acceptors (Lipinski definition) is 3. The van der Waals surface area contributed by atoms with Gasteiger partial charge >= 0.3 is 0 Å². The lowest BCUT2D eigenvalue weighted by Gasteiger charge is -2.14. The Balaban J connectivity index is 2.19. The number of aromatic nitrogens is 2. The summed E-state index contributed by atoms with van der Waals surface area (Å²) in [6, 6.07) is 2.18. The van der Waals surface area contributed by atoms with Gasteiger partial charge in [0.2, 0.25) is 0 Å². The number of anilines is 1. The van der Waals surface area contributed by atoms with Crippen LogP contribution in [0.2, 0.25) is 0 Å². The van der Waals surface area contributed by atoms with Crippen LogP contribution in [0, 0.1) is 5.92 Å². The van der Waals surface area contributed by atoms with Gasteiger partial charge in [0.05, 0.1) is 0 Å². The van der Waals surface area contributed by atoms with E-state index < -0.39 is 0 Å². The molecule has 0 unspecified atom stereocenters. The molecule has 0 aliphatic heterocycles. The summed E-state index contributed by atoms with van der Waals surface area (Å²) in [6.07, 6.45) is 7.40. The van der Waals surface area contributed by atoms with Crippen LogP contribution in [0.15, 0.2) is 6.07 Å². The van der Waals surface area contributed by atoms with Gasteiger partial charge in [-0.1, -0.05) is 33.6 Å². The van der Waals surface area contributed by atoms with E-state index >= 15 is 0 Å². The number of nitrogens with one attached hydrogen (secondary N) is 1. The molecule has 0 atom stereocenters. The molecule has 19 heavy (non-hydrogen) atoms. The van der Waals surface area contributed by atoms with Gasteiger partial charge in [-0.3, -0.25) is 0 Å². The van der Waals surface area contributed by atoms with Gasteiger partial charge in [-0.2, -0.15) is 0 Å². The molecule has 1 aromatic rings. The molecule has 1 aliphatic rings. The molecule has 1 N–H and O–H groups in total. The van der Waals surface area contributed by atoms with Crippen LogP contribution in [0.25, 0.3) is 0 Å². The molecule has 1 aromatic heterocycles. The zero-order chi connectivity index (χ0) is 13.7. The van der Waals surface area contributed by atoms with E-state index in [0.717, 1.165) is 31.0 Å². The molecule has 1 aliphatic carbocycles. The minimum absolute atomic E-state index is 0.609. The molecule has 2 rings (SSSR count). The Morgan fingerprint density at radius 3 is 2.63 bits per heavy atom. The highest BCUT2D eigenvalue weighted by Crippen LogP contribution is 2.33. The summed E-state index contributed by atoms with van der Waals surface area (Å²) in [7, 11) is 0. The quantitative estimate of drug-likeness (QED) is 0.835. The maximum Gasteiger partial charge on any atom is 0.131 e. The summed E-state index contributed by atoms with van der Waals surface area (Å²) in [6.45, 7) is 7.62. The van der Waals surface area contributed by atoms with E-state index in [-0.39, 0.29) is 0 Å². The summed E-state index contributed by atoms with van der Waals surface area (Å²) in [5.74, 6) is 3.31. The number of nitrogens with zero attached hydrogens (tertiary/aromatic N) is 2. The third-order valence-corrected chi connectivity index (χ3v) is 3.71. The molecule has 0 aromatic carbocycles. The first-order valence-corrected chi connectivity index (χ1v) is 7.80. The maximum absolute atomic E-state index is 4.81. The van der Waals surface area contributed by atoms with Gasteiger partial charge in [-0.25, -0.2) is 9.97 Å². The molecule has 0 radical (unpaired) electrons. The predicted octanol–water partition coefficient (Wildman–Crippen LogP) is 4.15. The van der Waals surface area contributed by atoms with Gasteiger partial charge in [0, 0.05) is 30.6 Å². The molecule has 106 valence electrons. The van der Waals surface area contributed by atoms with Crippen LogP contribution in [-0.4, -0.2) is 16.5 Å². The van der Waals surface area contributed by atoms with Crippen molar-refractivity contribution in [1.82, 2.24) is 9.97 Å². The van der Waals surface area contributed by atoms with Crippen molar-refractivity contribution in [3.63, 3.8) is 0 Å². The van der Waals surface area contributed by atoms with Crippen molar-refractivity contribution in [2.75, 3.05) is 11.9 Å². The lowest BCUT2D eigenvalue weighted by atomic mass is 10.0. The van der Waals surface area contributed by atoms with Crippen molar-refractivity contribution in [3.8, 4) is 0 Å². The van der Waals surface area contributed by atoms with Gasteiger partial charge in [-0.15, -0.1) is 0 Å². The average Bonchev–Trinajstić information content (AvgIpc) is 2.89. The highest BCUT2D eigenvalue weighted by Gasteiger charge is 2.20. The SMILES string of the molecule is CCCNc1cc(C2CCCC2)nc(CC(C)C)n1. The fourth-order valence-corrected chi connectivity index (χ4v) is 2.75. The van der Waals surface area contributed by atoms with E-state index in [4.69, 9.17) is 4.98 Å². The predicted molar refractivity (Wildman–Crippen MR) is 80.6 cm³/mol. The van der Waals surface area contributed by atoms with E-state index in [1.54, 1.807) is 0 Å². The highest BCUT2D eigenvalue weighted by atomic mass is 15.0. The molecule has 1 heterocycles. The molecule has 1 fully saturated rings. The lowest BCUT2D eigenvalue weighted by Crippen LogP contribution is -2.10. The Kier molecular flexibility index (Phi) is 5.17. The molecule has 0 saturated heterocycles. The summed E-state index contributed by atoms with van der Waals surface area (Å²) in [5, 5.41) is 3.42. The van der Waals surface area contributed by atoms with Crippen LogP contribution in [0.3, 0.4) is 0 Å². The van der Waals surface area contributed by atoms with Crippen molar-refractivity contribution < 1.29 is 0 Å². The second-order valence-corrected chi connectivity index (χ2v) is 6.10. The Bertz CT molecular complexity index is 395. The zero-order valence-electron chi connectivity index (χ0n) is 12.6. The third-order valence-electron chi connectivity index (χ3n) is 3.71. The minimum atomic E-state index is 0.609. The third kappa shape index (κ3) is 4.19. The fourth-order valence-electron chi connectivity index (χ4n) is 2.75. The van der Waals surface area contributed by atoms with Gasteiger partial charge in [0.1, 0.15) is 11.6 Å². The minimum Gasteiger partial charge on any atom is -0.370 e. The van der Waals surface area contributed by atoms with Crippen molar-refractivity contribution in [2.24, 2.45) is 5.92 Å². The second kappa shape index (κ2) is 6.88. The first-order chi connectivity index (χ1) is 9.19. The summed E-state index contributed by atoms with van der Waals surface area (Å²) in [5.41, 5.74) is 1.27. The van der Waals surface area contributed by atoms with Crippen LogP contribution in [0.4, 0.5) is 5.82 Å². The molecule has 3 heteroatoms. The lowest BCUT2D eigenvalue weighted by molar-refractivity contribution is 0.608. The van der Waals surface area contributed by atoms with Gasteiger partial charge in [0.25, 0.3) is 0 Å². The monoisotopic (exact) mass is 261 g/mol. The number of rotatable bonds is 6. The molecular weight excluding hydrogens is 234 g/mol. The Hall–Kier alpha value is -1.12. The fraction of sp³-hybridized carbons (Fsp3) is 0.750. The normalized spacial score (nSPS) is 16.2. The smallest absolute Gasteiger partial charge is 0.131 e. The first kappa shape index (κ1) is 14.3. The average molecular weight is 261 g/mol. The van der Waals surface area contributed by atoms with E-state index in [1.807, 2.05) is 0 Å². The summed E-state index contributed by atoms with van der Waals surface area (Å²) in [4.78, 5) is 9.47. The number of hydrogen-bond donors (Lipinski definition) is 1. The molecule has 0 amide bonds. The molecule has 0 bridgehead atoms. The molecule has 3 nitrogen and oxygen atoms in total. The van der Waals surface area contributed by atoms with E-state index in [1.165, 1.54) is 31.4 Å². The molecule has 1 saturated carbocycles. The summed E-state index contributed by atoms with van der Waals surface area (Å²) >= 11 is 0. The van der Waals surface area contributed by atoms with Crippen LogP contribution >= 0.6 is 0 Å². The van der Waals surface area contributed by atoms with Crippen molar-refractivity contribution in [1.29, 1.82) is 0 Å². The van der Waals surface area contributed by atoms with Gasteiger partial charge in [-0.05, 0) is 25.2 Å². The molecule has 0 spiro atoms. The van der Waals surface area contributed by atoms with Crippen molar-refractivity contribution >= 4 is 5.82 Å². The van der Waals surface area contributed by atoms with Crippen molar-refractivity contribution in [2.45, 2.75) is 65.2 Å². The largest absolute Gasteiger partial charge is 0.370 e. The Labute approximate surface area is 117 Å². The van der Waals surface area contributed by atoms with E-state index in [2.05, 4.69) is 37.1 Å². The maximum atomic E-state index is 4.81. The summed E-state index contributed by atoms with van der Waals surface area (Å²) < 4.78 is 0. The van der Waals surface area contributed by atoms with Gasteiger partial charge < -0.3 is 5.32 Å². The van der Waals surface area contributed by atoms with E-state index in [0.29, 0.717) is 11.8 Å². The Morgan fingerprint density at radius 2 is 2.00 bits per heavy atom. The molecular formula is C16H27N3. The topological polar surface area (TPSA) is 37.8 Å². The standard InChI is InChI=1S/C16H27N3/c1-4-9-17-15-11-14(13-7-5-6-8-13)18-16(19-15)10-12(2)3/h11-13H,4-10H2,1-3H3,(H,17,18,19). The van der Waals surface area contributed by atoms with Crippen LogP contribution < -0.4 is 5.32 Å².